The molecule has 0 aliphatic heterocycles. The second-order valence-electron chi connectivity index (χ2n) is 9.21. The van der Waals surface area contributed by atoms with Gasteiger partial charge in [-0.05, 0) is 46.8 Å². The fourth-order valence-corrected chi connectivity index (χ4v) is 3.65. The molecule has 36 heavy (non-hydrogen) atoms. The van der Waals surface area contributed by atoms with Crippen molar-refractivity contribution in [2.75, 3.05) is 26.1 Å². The molecule has 0 spiro atoms. The Morgan fingerprint density at radius 2 is 1.78 bits per heavy atom. The summed E-state index contributed by atoms with van der Waals surface area (Å²) in [6.45, 7) is 7.36. The summed E-state index contributed by atoms with van der Waals surface area (Å²) in [5.74, 6) is -3.17. The molecule has 3 rings (SSSR count). The van der Waals surface area contributed by atoms with Gasteiger partial charge in [-0.25, -0.2) is 14.4 Å². The monoisotopic (exact) mass is 507 g/mol. The van der Waals surface area contributed by atoms with E-state index < -0.39 is 28.9 Å². The Bertz CT molecular complexity index is 1230. The second-order valence-corrected chi connectivity index (χ2v) is 9.21. The summed E-state index contributed by atoms with van der Waals surface area (Å²) in [5, 5.41) is 13.6. The Balaban J connectivity index is 2.03. The number of hydrogen-bond donors (Lipinski definition) is 2. The summed E-state index contributed by atoms with van der Waals surface area (Å²) in [6.07, 6.45) is -0.158. The van der Waals surface area contributed by atoms with Crippen molar-refractivity contribution in [1.29, 1.82) is 0 Å². The first kappa shape index (κ1) is 27.5. The number of alkyl halides is 2. The van der Waals surface area contributed by atoms with E-state index in [9.17, 15) is 13.9 Å². The first-order valence-electron chi connectivity index (χ1n) is 11.5. The van der Waals surface area contributed by atoms with Gasteiger partial charge in [0.05, 0.1) is 30.3 Å². The molecule has 2 atom stereocenters. The maximum absolute atomic E-state index is 15.3. The van der Waals surface area contributed by atoms with Gasteiger partial charge in [0, 0.05) is 24.1 Å². The average molecular weight is 508 g/mol. The number of nitrogens with one attached hydrogen (secondary N) is 1. The number of anilines is 1. The highest BCUT2D eigenvalue weighted by molar-refractivity contribution is 5.92. The molecule has 0 fully saturated rings. The van der Waals surface area contributed by atoms with Crippen molar-refractivity contribution in [3.8, 4) is 11.5 Å². The zero-order valence-corrected chi connectivity index (χ0v) is 21.4. The highest BCUT2D eigenvalue weighted by Gasteiger charge is 2.49. The average Bonchev–Trinajstić information content (AvgIpc) is 2.81. The third-order valence-corrected chi connectivity index (χ3v) is 5.92. The van der Waals surface area contributed by atoms with Crippen molar-refractivity contribution in [3.63, 3.8) is 0 Å². The van der Waals surface area contributed by atoms with E-state index in [4.69, 9.17) is 14.2 Å². The summed E-state index contributed by atoms with van der Waals surface area (Å²) in [6, 6.07) is 6.39. The molecular weight excluding hydrogens is 475 g/mol. The topological polar surface area (TPSA) is 85.7 Å². The molecule has 1 aromatic heterocycles. The van der Waals surface area contributed by atoms with E-state index >= 15 is 4.39 Å². The first-order chi connectivity index (χ1) is 16.8. The molecule has 0 aliphatic rings. The summed E-state index contributed by atoms with van der Waals surface area (Å²) >= 11 is 0. The number of rotatable bonds is 10. The van der Waals surface area contributed by atoms with E-state index in [1.807, 2.05) is 6.92 Å². The largest absolute Gasteiger partial charge is 0.493 e. The standard InChI is InChI=1S/C26H32F3N3O4/c1-14(34-6)13-36-22-11-18-20(12-21(22)35-7)31-16(3)32-24(18)30-15(2)17-9-8-10-19(23(17)27)26(28,29)25(4,5)33/h8-12,14-15,33H,13H2,1-7H3,(H,30,31,32)/t14-,15-/m1/s1. The number of methoxy groups -OCH3 is 2. The lowest BCUT2D eigenvalue weighted by Gasteiger charge is -2.30. The van der Waals surface area contributed by atoms with Crippen LogP contribution in [0.3, 0.4) is 0 Å². The minimum Gasteiger partial charge on any atom is -0.493 e. The SMILES string of the molecule is COc1cc2nc(C)nc(N[C@H](C)c3cccc(C(F)(F)C(C)(C)O)c3F)c2cc1OC[C@@H](C)OC. The third-order valence-electron chi connectivity index (χ3n) is 5.92. The van der Waals surface area contributed by atoms with Crippen LogP contribution in [0, 0.1) is 12.7 Å². The van der Waals surface area contributed by atoms with Crippen LogP contribution in [-0.2, 0) is 10.7 Å². The zero-order chi connectivity index (χ0) is 26.8. The third kappa shape index (κ3) is 5.49. The van der Waals surface area contributed by atoms with E-state index in [2.05, 4.69) is 15.3 Å². The van der Waals surface area contributed by atoms with Gasteiger partial charge in [-0.3, -0.25) is 0 Å². The van der Waals surface area contributed by atoms with Gasteiger partial charge in [-0.2, -0.15) is 8.78 Å². The van der Waals surface area contributed by atoms with Crippen molar-refractivity contribution in [1.82, 2.24) is 9.97 Å². The van der Waals surface area contributed by atoms with E-state index in [1.165, 1.54) is 19.2 Å². The van der Waals surface area contributed by atoms with Crippen molar-refractivity contribution >= 4 is 16.7 Å². The molecule has 196 valence electrons. The predicted molar refractivity (Wildman–Crippen MR) is 131 cm³/mol. The lowest BCUT2D eigenvalue weighted by atomic mass is 9.91. The number of aromatic nitrogens is 2. The van der Waals surface area contributed by atoms with Gasteiger partial charge < -0.3 is 24.6 Å². The number of aryl methyl sites for hydroxylation is 1. The molecule has 3 aromatic rings. The van der Waals surface area contributed by atoms with Crippen LogP contribution in [0.25, 0.3) is 10.9 Å². The highest BCUT2D eigenvalue weighted by Crippen LogP contribution is 2.41. The van der Waals surface area contributed by atoms with Crippen LogP contribution in [0.5, 0.6) is 11.5 Å². The lowest BCUT2D eigenvalue weighted by Crippen LogP contribution is -2.41. The number of aliphatic hydroxyl groups is 1. The number of nitrogens with zero attached hydrogens (tertiary/aromatic N) is 2. The molecule has 1 heterocycles. The van der Waals surface area contributed by atoms with Crippen molar-refractivity contribution in [3.05, 3.63) is 53.1 Å². The molecule has 0 bridgehead atoms. The molecule has 7 nitrogen and oxygen atoms in total. The van der Waals surface area contributed by atoms with Crippen molar-refractivity contribution < 1.29 is 32.5 Å². The normalized spacial score (nSPS) is 14.0. The second kappa shape index (κ2) is 10.5. The van der Waals surface area contributed by atoms with Crippen molar-refractivity contribution in [2.45, 2.75) is 58.3 Å². The van der Waals surface area contributed by atoms with Crippen molar-refractivity contribution in [2.24, 2.45) is 0 Å². The van der Waals surface area contributed by atoms with Crippen LogP contribution in [-0.4, -0.2) is 47.6 Å². The minimum atomic E-state index is -3.80. The van der Waals surface area contributed by atoms with Gasteiger partial charge in [0.25, 0.3) is 0 Å². The van der Waals surface area contributed by atoms with E-state index in [1.54, 1.807) is 33.1 Å². The summed E-state index contributed by atoms with van der Waals surface area (Å²) in [5.41, 5.74) is -2.76. The maximum atomic E-state index is 15.3. The molecule has 2 aromatic carbocycles. The molecular formula is C26H32F3N3O4. The minimum absolute atomic E-state index is 0.000236. The summed E-state index contributed by atoms with van der Waals surface area (Å²) < 4.78 is 61.4. The van der Waals surface area contributed by atoms with Gasteiger partial charge in [-0.1, -0.05) is 12.1 Å². The molecule has 0 amide bonds. The van der Waals surface area contributed by atoms with Crippen LogP contribution < -0.4 is 14.8 Å². The van der Waals surface area contributed by atoms with Gasteiger partial charge >= 0.3 is 5.92 Å². The van der Waals surface area contributed by atoms with Crippen LogP contribution in [0.1, 0.15) is 50.7 Å². The van der Waals surface area contributed by atoms with E-state index in [-0.39, 0.29) is 18.3 Å². The van der Waals surface area contributed by atoms with E-state index in [0.717, 1.165) is 19.9 Å². The summed E-state index contributed by atoms with van der Waals surface area (Å²) in [4.78, 5) is 8.92. The smallest absolute Gasteiger partial charge is 0.303 e. The predicted octanol–water partition coefficient (Wildman–Crippen LogP) is 5.54. The van der Waals surface area contributed by atoms with Gasteiger partial charge in [-0.15, -0.1) is 0 Å². The Kier molecular flexibility index (Phi) is 8.00. The number of benzene rings is 2. The summed E-state index contributed by atoms with van der Waals surface area (Å²) in [7, 11) is 3.10. The highest BCUT2D eigenvalue weighted by atomic mass is 19.3. The maximum Gasteiger partial charge on any atom is 0.303 e. The Hall–Kier alpha value is -3.11. The first-order valence-corrected chi connectivity index (χ1v) is 11.5. The molecule has 10 heteroatoms. The fourth-order valence-electron chi connectivity index (χ4n) is 3.65. The molecule has 0 radical (unpaired) electrons. The number of ether oxygens (including phenoxy) is 3. The van der Waals surface area contributed by atoms with Gasteiger partial charge in [0.15, 0.2) is 11.5 Å². The van der Waals surface area contributed by atoms with Crippen LogP contribution in [0.15, 0.2) is 30.3 Å². The molecule has 0 saturated carbocycles. The Labute approximate surface area is 208 Å². The van der Waals surface area contributed by atoms with Crippen LogP contribution in [0.2, 0.25) is 0 Å². The molecule has 0 aliphatic carbocycles. The van der Waals surface area contributed by atoms with Crippen LogP contribution in [0.4, 0.5) is 19.0 Å². The molecule has 0 unspecified atom stereocenters. The molecule has 0 saturated heterocycles. The quantitative estimate of drug-likeness (QED) is 0.373. The molecule has 2 N–H and O–H groups in total. The Morgan fingerprint density at radius 3 is 2.39 bits per heavy atom. The lowest BCUT2D eigenvalue weighted by molar-refractivity contribution is -0.170. The number of fused-ring (bicyclic) bond motifs is 1. The number of halogens is 3. The number of hydrogen-bond acceptors (Lipinski definition) is 7. The van der Waals surface area contributed by atoms with E-state index in [0.29, 0.717) is 34.0 Å². The zero-order valence-electron chi connectivity index (χ0n) is 21.4. The fraction of sp³-hybridized carbons (Fsp3) is 0.462. The van der Waals surface area contributed by atoms with Crippen LogP contribution >= 0.6 is 0 Å². The van der Waals surface area contributed by atoms with Gasteiger partial charge in [0.2, 0.25) is 0 Å². The van der Waals surface area contributed by atoms with Gasteiger partial charge in [0.1, 0.15) is 29.7 Å². The Morgan fingerprint density at radius 1 is 1.08 bits per heavy atom.